The van der Waals surface area contributed by atoms with Crippen molar-refractivity contribution in [2.24, 2.45) is 0 Å². The summed E-state index contributed by atoms with van der Waals surface area (Å²) in [6, 6.07) is 0. The van der Waals surface area contributed by atoms with Gasteiger partial charge in [0.05, 0.1) is 26.4 Å². The van der Waals surface area contributed by atoms with Gasteiger partial charge >= 0.3 is 39.5 Å². The summed E-state index contributed by atoms with van der Waals surface area (Å²) in [7, 11) is -10.0. The summed E-state index contributed by atoms with van der Waals surface area (Å²) in [5.41, 5.74) is 0. The maximum atomic E-state index is 13.1. The Morgan fingerprint density at radius 1 is 0.264 bits per heavy atom. The van der Waals surface area contributed by atoms with Gasteiger partial charge in [0.15, 0.2) is 12.2 Å². The molecule has 19 heteroatoms. The molecule has 0 aliphatic carbocycles. The molecule has 0 aliphatic heterocycles. The number of rotatable bonds is 75. The second-order valence-electron chi connectivity index (χ2n) is 26.6. The third-order valence-corrected chi connectivity index (χ3v) is 18.1. The topological polar surface area (TPSA) is 237 Å². The average Bonchev–Trinajstić information content (AvgIpc) is 0.899. The van der Waals surface area contributed by atoms with Crippen molar-refractivity contribution in [1.29, 1.82) is 0 Å². The third kappa shape index (κ3) is 79.7. The smallest absolute Gasteiger partial charge is 0.462 e. The minimum atomic E-state index is -5.02. The fourth-order valence-corrected chi connectivity index (χ4v) is 11.6. The SMILES string of the molecule is CC/C=C\C/C=C\C/C=C\C/C=C\C/C=C\C/C=C\CCC(=O)OCC(COP(=O)(O)OCC(O)COP(=O)(O)OCC(COC(=O)CCCCCCCC/C=C\C/C=C\C/C=C\C/C=C\CC)OC(=O)CCC/C=C\C/C=C\C/C=C\C/C=C\C/C=C\CC)OC(=O)CCCCCCC/C=C\C/C=C\CCCCC. The van der Waals surface area contributed by atoms with Crippen molar-refractivity contribution in [3.05, 3.63) is 207 Å². The van der Waals surface area contributed by atoms with Gasteiger partial charge in [-0.05, 0) is 173 Å². The molecule has 0 heterocycles. The highest BCUT2D eigenvalue weighted by molar-refractivity contribution is 7.47. The highest BCUT2D eigenvalue weighted by Crippen LogP contribution is 2.45. The summed E-state index contributed by atoms with van der Waals surface area (Å²) in [6.45, 7) is 4.30. The van der Waals surface area contributed by atoms with E-state index < -0.39 is 97.5 Å². The summed E-state index contributed by atoms with van der Waals surface area (Å²) >= 11 is 0. The molecule has 0 bridgehead atoms. The van der Waals surface area contributed by atoms with Crippen molar-refractivity contribution in [3.8, 4) is 0 Å². The van der Waals surface area contributed by atoms with E-state index in [4.69, 9.17) is 37.0 Å². The Morgan fingerprint density at radius 2 is 0.500 bits per heavy atom. The fraction of sp³-hybridized carbons (Fsp3) is 0.582. The van der Waals surface area contributed by atoms with Crippen LogP contribution < -0.4 is 0 Å². The van der Waals surface area contributed by atoms with Crippen molar-refractivity contribution in [1.82, 2.24) is 0 Å². The maximum Gasteiger partial charge on any atom is 0.472 e. The standard InChI is InChI=1S/C91H144O17P2/c1-5-9-13-17-21-25-29-33-37-40-42-45-48-51-55-59-63-67-71-75-88(93)101-81-86(107-90(95)77-73-69-65-61-57-53-47-36-32-28-24-20-16-12-8-4)83-105-109(97,98)103-79-85(92)80-104-110(99,100)106-84-87(108-91(96)78-74-70-66-62-58-54-50-44-39-35-31-27-23-19-15-11-7-3)82-102-89(94)76-72-68-64-60-56-52-49-46-43-41-38-34-30-26-22-18-14-10-6-2/h9-11,13-15,21-28,33-39,42-43,45-47,50-51,54-55,62-63,66-67,85-87,92H,5-8,12,16-20,29-32,40-41,44,48-49,52-53,56-61,64-65,68-84H2,1-4H3,(H,97,98)(H,99,100)/b13-9-,14-10-,15-11-,25-21-,26-22-,27-23-,28-24-,37-33-,38-34-,39-35-,45-42-,46-43-,47-36-,54-50-,55-51-,66-62-,67-63-. The van der Waals surface area contributed by atoms with E-state index in [1.807, 2.05) is 30.4 Å². The van der Waals surface area contributed by atoms with Crippen molar-refractivity contribution in [3.63, 3.8) is 0 Å². The number of carbonyl (C=O) groups excluding carboxylic acids is 4. The first-order valence-electron chi connectivity index (χ1n) is 41.3. The lowest BCUT2D eigenvalue weighted by molar-refractivity contribution is -0.161. The van der Waals surface area contributed by atoms with Gasteiger partial charge in [-0.15, -0.1) is 0 Å². The molecule has 17 nitrogen and oxygen atoms in total. The zero-order chi connectivity index (χ0) is 80.3. The number of hydrogen-bond donors (Lipinski definition) is 3. The number of carbonyl (C=O) groups is 4. The van der Waals surface area contributed by atoms with Crippen molar-refractivity contribution >= 4 is 39.5 Å². The zero-order valence-corrected chi connectivity index (χ0v) is 69.6. The quantitative estimate of drug-likeness (QED) is 0.0169. The first-order chi connectivity index (χ1) is 53.7. The Morgan fingerprint density at radius 3 is 0.818 bits per heavy atom. The highest BCUT2D eigenvalue weighted by Gasteiger charge is 2.30. The zero-order valence-electron chi connectivity index (χ0n) is 67.8. The summed E-state index contributed by atoms with van der Waals surface area (Å²) < 4.78 is 68.6. The van der Waals surface area contributed by atoms with Gasteiger partial charge in [-0.3, -0.25) is 37.3 Å². The van der Waals surface area contributed by atoms with E-state index in [1.165, 1.54) is 19.3 Å². The predicted octanol–water partition coefficient (Wildman–Crippen LogP) is 24.7. The highest BCUT2D eigenvalue weighted by atomic mass is 31.2. The lowest BCUT2D eigenvalue weighted by Crippen LogP contribution is -2.30. The first kappa shape index (κ1) is 104. The van der Waals surface area contributed by atoms with Crippen LogP contribution in [-0.4, -0.2) is 96.7 Å². The van der Waals surface area contributed by atoms with E-state index in [0.717, 1.165) is 173 Å². The average molecular weight is 1570 g/mol. The lowest BCUT2D eigenvalue weighted by atomic mass is 10.1. The van der Waals surface area contributed by atoms with Crippen LogP contribution in [-0.2, 0) is 65.4 Å². The molecule has 0 radical (unpaired) electrons. The molecule has 620 valence electrons. The van der Waals surface area contributed by atoms with Gasteiger partial charge in [0.25, 0.3) is 0 Å². The minimum Gasteiger partial charge on any atom is -0.462 e. The molecule has 3 N–H and O–H groups in total. The molecule has 0 spiro atoms. The third-order valence-electron chi connectivity index (χ3n) is 16.2. The van der Waals surface area contributed by atoms with E-state index in [9.17, 15) is 43.2 Å². The molecule has 0 aromatic heterocycles. The molecule has 0 aliphatic rings. The number of unbranched alkanes of at least 4 members (excludes halogenated alkanes) is 15. The lowest BCUT2D eigenvalue weighted by Gasteiger charge is -2.21. The van der Waals surface area contributed by atoms with Crippen LogP contribution in [0, 0.1) is 0 Å². The summed E-state index contributed by atoms with van der Waals surface area (Å²) in [5.74, 6) is -2.39. The molecule has 0 aromatic carbocycles. The molecule has 0 rings (SSSR count). The van der Waals surface area contributed by atoms with Crippen molar-refractivity contribution < 1.29 is 80.2 Å². The molecule has 0 saturated heterocycles. The van der Waals surface area contributed by atoms with Gasteiger partial charge in [-0.25, -0.2) is 9.13 Å². The van der Waals surface area contributed by atoms with Crippen LogP contribution in [0.2, 0.25) is 0 Å². The van der Waals surface area contributed by atoms with Crippen LogP contribution in [0.1, 0.15) is 285 Å². The molecular formula is C91H144O17P2. The minimum absolute atomic E-state index is 0.00265. The Hall–Kier alpha value is -6.36. The number of phosphoric ester groups is 2. The molecule has 0 fully saturated rings. The Balaban J connectivity index is 5.53. The number of ether oxygens (including phenoxy) is 4. The van der Waals surface area contributed by atoms with Gasteiger partial charge < -0.3 is 33.8 Å². The number of allylic oxidation sites excluding steroid dienone is 34. The van der Waals surface area contributed by atoms with E-state index in [0.29, 0.717) is 38.5 Å². The molecule has 0 amide bonds. The summed E-state index contributed by atoms with van der Waals surface area (Å²) in [6.07, 6.45) is 101. The molecule has 5 atom stereocenters. The number of phosphoric acid groups is 2. The van der Waals surface area contributed by atoms with Crippen LogP contribution in [0.15, 0.2) is 207 Å². The van der Waals surface area contributed by atoms with Gasteiger partial charge in [0, 0.05) is 25.7 Å². The summed E-state index contributed by atoms with van der Waals surface area (Å²) in [5, 5.41) is 10.7. The van der Waals surface area contributed by atoms with E-state index in [-0.39, 0.29) is 25.7 Å². The molecule has 0 saturated carbocycles. The number of aliphatic hydroxyl groups excluding tert-OH is 1. The second kappa shape index (κ2) is 80.7. The van der Waals surface area contributed by atoms with Gasteiger partial charge in [-0.1, -0.05) is 292 Å². The maximum absolute atomic E-state index is 13.1. The van der Waals surface area contributed by atoms with Crippen molar-refractivity contribution in [2.75, 3.05) is 39.6 Å². The van der Waals surface area contributed by atoms with Gasteiger partial charge in [-0.2, -0.15) is 0 Å². The molecular weight excluding hydrogens is 1430 g/mol. The Labute approximate surface area is 665 Å². The number of aliphatic hydroxyl groups is 1. The first-order valence-corrected chi connectivity index (χ1v) is 44.3. The van der Waals surface area contributed by atoms with Gasteiger partial charge in [0.1, 0.15) is 19.3 Å². The second-order valence-corrected chi connectivity index (χ2v) is 29.5. The number of hydrogen-bond acceptors (Lipinski definition) is 15. The molecule has 0 aromatic rings. The monoisotopic (exact) mass is 1570 g/mol. The van der Waals surface area contributed by atoms with Gasteiger partial charge in [0.2, 0.25) is 0 Å². The largest absolute Gasteiger partial charge is 0.472 e. The fourth-order valence-electron chi connectivity index (χ4n) is 10.1. The number of esters is 4. The van der Waals surface area contributed by atoms with E-state index in [2.05, 4.69) is 204 Å². The van der Waals surface area contributed by atoms with Crippen LogP contribution in [0.4, 0.5) is 0 Å². The van der Waals surface area contributed by atoms with Crippen LogP contribution in [0.25, 0.3) is 0 Å². The van der Waals surface area contributed by atoms with Crippen LogP contribution in [0.3, 0.4) is 0 Å². The van der Waals surface area contributed by atoms with E-state index in [1.54, 1.807) is 0 Å². The Bertz CT molecular complexity index is 2900. The van der Waals surface area contributed by atoms with Crippen LogP contribution >= 0.6 is 15.6 Å². The Kier molecular flexibility index (Phi) is 76.0. The predicted molar refractivity (Wildman–Crippen MR) is 454 cm³/mol. The van der Waals surface area contributed by atoms with Crippen LogP contribution in [0.5, 0.6) is 0 Å². The normalized spacial score (nSPS) is 14.9. The summed E-state index contributed by atoms with van der Waals surface area (Å²) in [4.78, 5) is 73.1. The molecule has 5 unspecified atom stereocenters. The van der Waals surface area contributed by atoms with Crippen molar-refractivity contribution in [2.45, 2.75) is 303 Å². The molecule has 110 heavy (non-hydrogen) atoms. The van der Waals surface area contributed by atoms with E-state index >= 15 is 0 Å².